The molecule has 1 aromatic carbocycles. The van der Waals surface area contributed by atoms with Gasteiger partial charge in [0.15, 0.2) is 5.76 Å². The molecule has 1 amide bonds. The first-order valence-corrected chi connectivity index (χ1v) is 5.63. The van der Waals surface area contributed by atoms with E-state index in [0.29, 0.717) is 5.76 Å². The van der Waals surface area contributed by atoms with Gasteiger partial charge in [0, 0.05) is 12.7 Å². The molecule has 88 valence electrons. The fourth-order valence-electron chi connectivity index (χ4n) is 1.64. The second-order valence-corrected chi connectivity index (χ2v) is 3.86. The maximum atomic E-state index is 12.0. The molecule has 2 aromatic rings. The van der Waals surface area contributed by atoms with Gasteiger partial charge in [-0.05, 0) is 36.2 Å². The molecule has 0 saturated carbocycles. The zero-order valence-corrected chi connectivity index (χ0v) is 10.0. The fraction of sp³-hybridized carbons (Fsp3) is 0.214. The zero-order valence-electron chi connectivity index (χ0n) is 10.0. The summed E-state index contributed by atoms with van der Waals surface area (Å²) in [6.45, 7) is 2.10. The van der Waals surface area contributed by atoms with Crippen LogP contribution >= 0.6 is 0 Å². The van der Waals surface area contributed by atoms with Crippen LogP contribution in [0.1, 0.15) is 23.0 Å². The Labute approximate surface area is 101 Å². The number of hydrogen-bond acceptors (Lipinski definition) is 2. The van der Waals surface area contributed by atoms with E-state index < -0.39 is 0 Å². The Bertz CT molecular complexity index is 485. The van der Waals surface area contributed by atoms with Gasteiger partial charge in [0.25, 0.3) is 5.91 Å². The summed E-state index contributed by atoms with van der Waals surface area (Å²) in [4.78, 5) is 13.6. The molecule has 0 bridgehead atoms. The largest absolute Gasteiger partial charge is 0.459 e. The lowest BCUT2D eigenvalue weighted by atomic mass is 10.1. The molecule has 0 aliphatic heterocycles. The predicted molar refractivity (Wildman–Crippen MR) is 67.3 cm³/mol. The molecule has 3 nitrogen and oxygen atoms in total. The van der Waals surface area contributed by atoms with Crippen LogP contribution in [-0.4, -0.2) is 13.0 Å². The molecule has 2 rings (SSSR count). The molecule has 0 saturated heterocycles. The molecule has 1 aromatic heterocycles. The van der Waals surface area contributed by atoms with Crippen molar-refractivity contribution in [2.75, 3.05) is 11.9 Å². The molecule has 0 fully saturated rings. The van der Waals surface area contributed by atoms with Gasteiger partial charge in [-0.3, -0.25) is 4.79 Å². The van der Waals surface area contributed by atoms with E-state index >= 15 is 0 Å². The number of nitrogens with zero attached hydrogens (tertiary/aromatic N) is 1. The molecule has 0 atom stereocenters. The van der Waals surface area contributed by atoms with Crippen molar-refractivity contribution in [3.05, 3.63) is 54.0 Å². The average molecular weight is 229 g/mol. The van der Waals surface area contributed by atoms with Crippen molar-refractivity contribution < 1.29 is 9.21 Å². The number of hydrogen-bond donors (Lipinski definition) is 0. The molecule has 17 heavy (non-hydrogen) atoms. The van der Waals surface area contributed by atoms with E-state index in [2.05, 4.69) is 6.92 Å². The van der Waals surface area contributed by atoms with Gasteiger partial charge in [-0.1, -0.05) is 19.1 Å². The number of furan rings is 1. The number of aryl methyl sites for hydroxylation is 1. The minimum Gasteiger partial charge on any atom is -0.459 e. The summed E-state index contributed by atoms with van der Waals surface area (Å²) in [6.07, 6.45) is 2.50. The van der Waals surface area contributed by atoms with E-state index in [1.165, 1.54) is 11.8 Å². The molecular weight excluding hydrogens is 214 g/mol. The highest BCUT2D eigenvalue weighted by Crippen LogP contribution is 2.16. The van der Waals surface area contributed by atoms with Crippen molar-refractivity contribution in [3.63, 3.8) is 0 Å². The van der Waals surface area contributed by atoms with Gasteiger partial charge < -0.3 is 9.32 Å². The standard InChI is InChI=1S/C14H15NO2/c1-3-11-6-8-12(9-7-11)15(2)14(16)13-5-4-10-17-13/h4-10H,3H2,1-2H3. The average Bonchev–Trinajstić information content (AvgIpc) is 2.91. The minimum atomic E-state index is -0.140. The van der Waals surface area contributed by atoms with E-state index in [0.717, 1.165) is 12.1 Å². The zero-order chi connectivity index (χ0) is 12.3. The lowest BCUT2D eigenvalue weighted by molar-refractivity contribution is 0.0966. The van der Waals surface area contributed by atoms with Gasteiger partial charge in [-0.15, -0.1) is 0 Å². The molecule has 0 aliphatic rings. The number of carbonyl (C=O) groups is 1. The summed E-state index contributed by atoms with van der Waals surface area (Å²) >= 11 is 0. The van der Waals surface area contributed by atoms with Gasteiger partial charge in [-0.25, -0.2) is 0 Å². The minimum absolute atomic E-state index is 0.140. The van der Waals surface area contributed by atoms with Crippen molar-refractivity contribution in [1.82, 2.24) is 0 Å². The van der Waals surface area contributed by atoms with Gasteiger partial charge in [-0.2, -0.15) is 0 Å². The van der Waals surface area contributed by atoms with E-state index in [1.54, 1.807) is 24.1 Å². The SMILES string of the molecule is CCc1ccc(N(C)C(=O)c2ccco2)cc1. The van der Waals surface area contributed by atoms with Crippen LogP contribution in [0.4, 0.5) is 5.69 Å². The third kappa shape index (κ3) is 2.38. The van der Waals surface area contributed by atoms with Gasteiger partial charge in [0.05, 0.1) is 6.26 Å². The van der Waals surface area contributed by atoms with Crippen LogP contribution in [0, 0.1) is 0 Å². The normalized spacial score (nSPS) is 10.2. The maximum absolute atomic E-state index is 12.0. The molecule has 0 unspecified atom stereocenters. The third-order valence-corrected chi connectivity index (χ3v) is 2.77. The summed E-state index contributed by atoms with van der Waals surface area (Å²) in [6, 6.07) is 11.3. The lowest BCUT2D eigenvalue weighted by Crippen LogP contribution is -2.25. The number of carbonyl (C=O) groups excluding carboxylic acids is 1. The smallest absolute Gasteiger partial charge is 0.293 e. The van der Waals surface area contributed by atoms with Crippen LogP contribution in [0.5, 0.6) is 0 Å². The summed E-state index contributed by atoms with van der Waals surface area (Å²) in [5.41, 5.74) is 2.12. The summed E-state index contributed by atoms with van der Waals surface area (Å²) < 4.78 is 5.09. The van der Waals surface area contributed by atoms with Crippen LogP contribution in [0.25, 0.3) is 0 Å². The van der Waals surface area contributed by atoms with Crippen LogP contribution in [0.2, 0.25) is 0 Å². The highest BCUT2D eigenvalue weighted by Gasteiger charge is 2.15. The summed E-state index contributed by atoms with van der Waals surface area (Å²) in [5.74, 6) is 0.214. The first-order valence-electron chi connectivity index (χ1n) is 5.63. The van der Waals surface area contributed by atoms with Crippen LogP contribution < -0.4 is 4.90 Å². The molecular formula is C14H15NO2. The van der Waals surface area contributed by atoms with Crippen LogP contribution in [0.15, 0.2) is 47.1 Å². The van der Waals surface area contributed by atoms with E-state index in [1.807, 2.05) is 24.3 Å². The first-order chi connectivity index (χ1) is 8.22. The Hall–Kier alpha value is -2.03. The highest BCUT2D eigenvalue weighted by molar-refractivity contribution is 6.03. The van der Waals surface area contributed by atoms with E-state index in [4.69, 9.17) is 4.42 Å². The van der Waals surface area contributed by atoms with E-state index in [-0.39, 0.29) is 5.91 Å². The Morgan fingerprint density at radius 1 is 1.24 bits per heavy atom. The molecule has 0 N–H and O–H groups in total. The molecule has 1 heterocycles. The first kappa shape index (κ1) is 11.5. The second kappa shape index (κ2) is 4.87. The van der Waals surface area contributed by atoms with Crippen LogP contribution in [0.3, 0.4) is 0 Å². The Balaban J connectivity index is 2.19. The Morgan fingerprint density at radius 3 is 2.47 bits per heavy atom. The van der Waals surface area contributed by atoms with Gasteiger partial charge in [0.2, 0.25) is 0 Å². The number of benzene rings is 1. The highest BCUT2D eigenvalue weighted by atomic mass is 16.3. The van der Waals surface area contributed by atoms with Crippen LogP contribution in [-0.2, 0) is 6.42 Å². The summed E-state index contributed by atoms with van der Waals surface area (Å²) in [7, 11) is 1.74. The molecule has 0 aliphatic carbocycles. The molecule has 0 radical (unpaired) electrons. The summed E-state index contributed by atoms with van der Waals surface area (Å²) in [5, 5.41) is 0. The lowest BCUT2D eigenvalue weighted by Gasteiger charge is -2.16. The number of rotatable bonds is 3. The third-order valence-electron chi connectivity index (χ3n) is 2.77. The molecule has 0 spiro atoms. The van der Waals surface area contributed by atoms with Crippen molar-refractivity contribution in [3.8, 4) is 0 Å². The second-order valence-electron chi connectivity index (χ2n) is 3.86. The Morgan fingerprint density at radius 2 is 1.94 bits per heavy atom. The fourth-order valence-corrected chi connectivity index (χ4v) is 1.64. The number of anilines is 1. The van der Waals surface area contributed by atoms with Crippen molar-refractivity contribution in [2.24, 2.45) is 0 Å². The van der Waals surface area contributed by atoms with Gasteiger partial charge in [0.1, 0.15) is 0 Å². The van der Waals surface area contributed by atoms with Gasteiger partial charge >= 0.3 is 0 Å². The topological polar surface area (TPSA) is 33.5 Å². The van der Waals surface area contributed by atoms with Crippen molar-refractivity contribution >= 4 is 11.6 Å². The monoisotopic (exact) mass is 229 g/mol. The Kier molecular flexibility index (Phi) is 3.28. The van der Waals surface area contributed by atoms with Crippen molar-refractivity contribution in [1.29, 1.82) is 0 Å². The van der Waals surface area contributed by atoms with Crippen molar-refractivity contribution in [2.45, 2.75) is 13.3 Å². The van der Waals surface area contributed by atoms with E-state index in [9.17, 15) is 4.79 Å². The number of amides is 1. The maximum Gasteiger partial charge on any atom is 0.293 e. The molecule has 3 heteroatoms. The quantitative estimate of drug-likeness (QED) is 0.810. The predicted octanol–water partition coefficient (Wildman–Crippen LogP) is 3.12.